The Balaban J connectivity index is 1.56. The van der Waals surface area contributed by atoms with Gasteiger partial charge in [-0.05, 0) is 54.3 Å². The summed E-state index contributed by atoms with van der Waals surface area (Å²) in [6.45, 7) is 7.18. The van der Waals surface area contributed by atoms with Crippen molar-refractivity contribution in [1.29, 1.82) is 0 Å². The standard InChI is InChI=1S/C27H28N2O2/c1-4-9-21-14-15-25(26(18-21)30-3)31-17-16-29-24-13-8-7-12-23(24)28-27(29)19-22-11-6-5-10-20(22)2/h4-8,10-15,18H,1,9,16-17,19H2,2-3H3. The molecular formula is C27H28N2O2. The number of hydrogen-bond acceptors (Lipinski definition) is 3. The van der Waals surface area contributed by atoms with E-state index in [2.05, 4.69) is 66.6 Å². The molecule has 0 bridgehead atoms. The van der Waals surface area contributed by atoms with E-state index in [0.717, 1.165) is 46.8 Å². The largest absolute Gasteiger partial charge is 0.493 e. The van der Waals surface area contributed by atoms with Crippen molar-refractivity contribution in [2.45, 2.75) is 26.3 Å². The number of para-hydroxylation sites is 2. The zero-order valence-electron chi connectivity index (χ0n) is 18.2. The second kappa shape index (κ2) is 9.52. The van der Waals surface area contributed by atoms with Gasteiger partial charge in [0.2, 0.25) is 0 Å². The van der Waals surface area contributed by atoms with Crippen molar-refractivity contribution in [3.8, 4) is 11.5 Å². The van der Waals surface area contributed by atoms with Gasteiger partial charge in [-0.15, -0.1) is 6.58 Å². The molecule has 0 aliphatic carbocycles. The molecule has 4 nitrogen and oxygen atoms in total. The first kappa shape index (κ1) is 20.7. The summed E-state index contributed by atoms with van der Waals surface area (Å²) in [6.07, 6.45) is 3.48. The summed E-state index contributed by atoms with van der Waals surface area (Å²) >= 11 is 0. The van der Waals surface area contributed by atoms with Gasteiger partial charge in [0.25, 0.3) is 0 Å². The molecule has 1 heterocycles. The minimum Gasteiger partial charge on any atom is -0.493 e. The third-order valence-corrected chi connectivity index (χ3v) is 5.52. The van der Waals surface area contributed by atoms with Gasteiger partial charge in [0.15, 0.2) is 11.5 Å². The Hall–Kier alpha value is -3.53. The molecule has 0 aliphatic rings. The number of nitrogens with zero attached hydrogens (tertiary/aromatic N) is 2. The first-order valence-electron chi connectivity index (χ1n) is 10.6. The van der Waals surface area contributed by atoms with Crippen LogP contribution in [-0.4, -0.2) is 23.3 Å². The molecule has 4 aromatic rings. The minimum atomic E-state index is 0.526. The van der Waals surface area contributed by atoms with E-state index >= 15 is 0 Å². The molecule has 158 valence electrons. The quantitative estimate of drug-likeness (QED) is 0.328. The fourth-order valence-electron chi connectivity index (χ4n) is 3.86. The van der Waals surface area contributed by atoms with E-state index in [1.807, 2.05) is 24.3 Å². The van der Waals surface area contributed by atoms with Gasteiger partial charge in [0.05, 0.1) is 24.7 Å². The van der Waals surface area contributed by atoms with Crippen molar-refractivity contribution in [3.63, 3.8) is 0 Å². The number of rotatable bonds is 9. The van der Waals surface area contributed by atoms with Gasteiger partial charge < -0.3 is 14.0 Å². The molecule has 0 spiro atoms. The van der Waals surface area contributed by atoms with Crippen LogP contribution in [0.2, 0.25) is 0 Å². The molecule has 31 heavy (non-hydrogen) atoms. The Bertz CT molecular complexity index is 1190. The van der Waals surface area contributed by atoms with Crippen LogP contribution >= 0.6 is 0 Å². The maximum atomic E-state index is 6.11. The van der Waals surface area contributed by atoms with Crippen LogP contribution in [0.25, 0.3) is 11.0 Å². The number of aryl methyl sites for hydroxylation is 1. The molecule has 4 rings (SSSR count). The average Bonchev–Trinajstić information content (AvgIpc) is 3.13. The van der Waals surface area contributed by atoms with Crippen molar-refractivity contribution in [3.05, 3.63) is 102 Å². The number of fused-ring (bicyclic) bond motifs is 1. The van der Waals surface area contributed by atoms with Gasteiger partial charge in [-0.3, -0.25) is 0 Å². The molecule has 0 unspecified atom stereocenters. The van der Waals surface area contributed by atoms with E-state index in [0.29, 0.717) is 13.2 Å². The molecule has 0 saturated carbocycles. The average molecular weight is 413 g/mol. The van der Waals surface area contributed by atoms with E-state index in [-0.39, 0.29) is 0 Å². The van der Waals surface area contributed by atoms with E-state index in [1.165, 1.54) is 11.1 Å². The summed E-state index contributed by atoms with van der Waals surface area (Å²) in [4.78, 5) is 4.91. The molecule has 3 aromatic carbocycles. The Kier molecular flexibility index (Phi) is 6.37. The van der Waals surface area contributed by atoms with Crippen LogP contribution in [0.5, 0.6) is 11.5 Å². The van der Waals surface area contributed by atoms with Crippen LogP contribution in [0.15, 0.2) is 79.4 Å². The van der Waals surface area contributed by atoms with Crippen LogP contribution in [0.4, 0.5) is 0 Å². The van der Waals surface area contributed by atoms with Crippen molar-refractivity contribution in [2.24, 2.45) is 0 Å². The lowest BCUT2D eigenvalue weighted by Crippen LogP contribution is -2.12. The minimum absolute atomic E-state index is 0.526. The maximum absolute atomic E-state index is 6.11. The summed E-state index contributed by atoms with van der Waals surface area (Å²) in [7, 11) is 1.67. The van der Waals surface area contributed by atoms with E-state index < -0.39 is 0 Å². The van der Waals surface area contributed by atoms with Crippen molar-refractivity contribution in [1.82, 2.24) is 9.55 Å². The SMILES string of the molecule is C=CCc1ccc(OCCn2c(Cc3ccccc3C)nc3ccccc32)c(OC)c1. The van der Waals surface area contributed by atoms with Crippen molar-refractivity contribution >= 4 is 11.0 Å². The summed E-state index contributed by atoms with van der Waals surface area (Å²) in [5, 5.41) is 0. The predicted octanol–water partition coefficient (Wildman–Crippen LogP) is 5.75. The van der Waals surface area contributed by atoms with Crippen LogP contribution < -0.4 is 9.47 Å². The Morgan fingerprint density at radius 2 is 1.81 bits per heavy atom. The van der Waals surface area contributed by atoms with Gasteiger partial charge in [-0.25, -0.2) is 4.98 Å². The molecule has 0 saturated heterocycles. The highest BCUT2D eigenvalue weighted by Crippen LogP contribution is 2.28. The van der Waals surface area contributed by atoms with Gasteiger partial charge in [0.1, 0.15) is 12.4 Å². The lowest BCUT2D eigenvalue weighted by Gasteiger charge is -2.14. The number of ether oxygens (including phenoxy) is 2. The topological polar surface area (TPSA) is 36.3 Å². The molecule has 0 fully saturated rings. The van der Waals surface area contributed by atoms with Crippen LogP contribution in [0, 0.1) is 6.92 Å². The predicted molar refractivity (Wildman–Crippen MR) is 126 cm³/mol. The van der Waals surface area contributed by atoms with E-state index in [1.54, 1.807) is 7.11 Å². The van der Waals surface area contributed by atoms with E-state index in [9.17, 15) is 0 Å². The molecule has 0 amide bonds. The second-order valence-corrected chi connectivity index (χ2v) is 7.60. The smallest absolute Gasteiger partial charge is 0.161 e. The number of imidazole rings is 1. The zero-order valence-corrected chi connectivity index (χ0v) is 18.2. The van der Waals surface area contributed by atoms with Crippen LogP contribution in [0.3, 0.4) is 0 Å². The molecular weight excluding hydrogens is 384 g/mol. The molecule has 4 heteroatoms. The Labute approximate surface area is 183 Å². The fourth-order valence-corrected chi connectivity index (χ4v) is 3.86. The van der Waals surface area contributed by atoms with Crippen molar-refractivity contribution in [2.75, 3.05) is 13.7 Å². The van der Waals surface area contributed by atoms with Crippen molar-refractivity contribution < 1.29 is 9.47 Å². The third kappa shape index (κ3) is 4.64. The van der Waals surface area contributed by atoms with Crippen LogP contribution in [-0.2, 0) is 19.4 Å². The number of hydrogen-bond donors (Lipinski definition) is 0. The third-order valence-electron chi connectivity index (χ3n) is 5.52. The number of benzene rings is 3. The fraction of sp³-hybridized carbons (Fsp3) is 0.222. The Morgan fingerprint density at radius 1 is 1.00 bits per heavy atom. The number of methoxy groups -OCH3 is 1. The summed E-state index contributed by atoms with van der Waals surface area (Å²) in [5.41, 5.74) is 5.86. The van der Waals surface area contributed by atoms with Crippen LogP contribution in [0.1, 0.15) is 22.5 Å². The second-order valence-electron chi connectivity index (χ2n) is 7.60. The summed E-state index contributed by atoms with van der Waals surface area (Å²) in [5.74, 6) is 2.54. The van der Waals surface area contributed by atoms with Gasteiger partial charge in [-0.2, -0.15) is 0 Å². The first-order chi connectivity index (χ1) is 15.2. The molecule has 1 aromatic heterocycles. The molecule has 0 atom stereocenters. The lowest BCUT2D eigenvalue weighted by atomic mass is 10.1. The highest BCUT2D eigenvalue weighted by atomic mass is 16.5. The highest BCUT2D eigenvalue weighted by molar-refractivity contribution is 5.76. The number of aromatic nitrogens is 2. The molecule has 0 N–H and O–H groups in total. The van der Waals surface area contributed by atoms with Gasteiger partial charge in [-0.1, -0.05) is 48.5 Å². The van der Waals surface area contributed by atoms with Gasteiger partial charge in [0, 0.05) is 6.42 Å². The Morgan fingerprint density at radius 3 is 2.61 bits per heavy atom. The van der Waals surface area contributed by atoms with Gasteiger partial charge >= 0.3 is 0 Å². The zero-order chi connectivity index (χ0) is 21.6. The summed E-state index contributed by atoms with van der Waals surface area (Å²) < 4.78 is 13.9. The lowest BCUT2D eigenvalue weighted by molar-refractivity contribution is 0.280. The first-order valence-corrected chi connectivity index (χ1v) is 10.6. The number of allylic oxidation sites excluding steroid dienone is 1. The van der Waals surface area contributed by atoms with E-state index in [4.69, 9.17) is 14.5 Å². The molecule has 0 aliphatic heterocycles. The monoisotopic (exact) mass is 412 g/mol. The maximum Gasteiger partial charge on any atom is 0.161 e. The summed E-state index contributed by atoms with van der Waals surface area (Å²) in [6, 6.07) is 22.8. The highest BCUT2D eigenvalue weighted by Gasteiger charge is 2.13. The normalized spacial score (nSPS) is 10.9. The molecule has 0 radical (unpaired) electrons.